The number of benzene rings is 1. The first-order chi connectivity index (χ1) is 14.5. The lowest BCUT2D eigenvalue weighted by molar-refractivity contribution is 0.0946. The van der Waals surface area contributed by atoms with Crippen molar-refractivity contribution >= 4 is 44.0 Å². The van der Waals surface area contributed by atoms with Crippen LogP contribution in [0.1, 0.15) is 50.4 Å². The number of ether oxygens (including phenoxy) is 2. The number of carbonyl (C=O) groups excluding carboxylic acids is 2. The summed E-state index contributed by atoms with van der Waals surface area (Å²) >= 11 is 5.02. The molecule has 1 aliphatic rings. The van der Waals surface area contributed by atoms with Crippen LogP contribution in [0.2, 0.25) is 0 Å². The van der Waals surface area contributed by atoms with Crippen LogP contribution in [-0.2, 0) is 17.6 Å². The second-order valence-electron chi connectivity index (χ2n) is 7.14. The fraction of sp³-hybridized carbons (Fsp3) is 0.455. The van der Waals surface area contributed by atoms with Gasteiger partial charge in [0.25, 0.3) is 5.91 Å². The van der Waals surface area contributed by atoms with Crippen molar-refractivity contribution < 1.29 is 19.1 Å². The molecule has 162 valence electrons. The maximum atomic E-state index is 12.9. The van der Waals surface area contributed by atoms with Crippen molar-refractivity contribution in [3.8, 4) is 5.75 Å². The SMILES string of the molecule is COCCCNC(=O)c1c(NCC(=O)c2ccc(OC)c(Br)c2)sc2c1CCCC2. The zero-order valence-corrected chi connectivity index (χ0v) is 19.7. The lowest BCUT2D eigenvalue weighted by atomic mass is 9.95. The Bertz CT molecular complexity index is 913. The molecule has 1 heterocycles. The number of nitrogens with one attached hydrogen (secondary N) is 2. The molecule has 8 heteroatoms. The van der Waals surface area contributed by atoms with Crippen molar-refractivity contribution in [1.29, 1.82) is 0 Å². The van der Waals surface area contributed by atoms with E-state index < -0.39 is 0 Å². The van der Waals surface area contributed by atoms with Crippen molar-refractivity contribution in [2.24, 2.45) is 0 Å². The molecule has 2 aromatic rings. The smallest absolute Gasteiger partial charge is 0.254 e. The molecule has 0 atom stereocenters. The monoisotopic (exact) mass is 494 g/mol. The summed E-state index contributed by atoms with van der Waals surface area (Å²) in [5, 5.41) is 7.01. The first-order valence-electron chi connectivity index (χ1n) is 10.1. The predicted octanol–water partition coefficient (Wildman–Crippen LogP) is 4.46. The van der Waals surface area contributed by atoms with Gasteiger partial charge in [-0.05, 0) is 71.8 Å². The number of fused-ring (bicyclic) bond motifs is 1. The van der Waals surface area contributed by atoms with Gasteiger partial charge in [-0.25, -0.2) is 0 Å². The molecule has 3 rings (SSSR count). The number of rotatable bonds is 10. The van der Waals surface area contributed by atoms with E-state index in [1.54, 1.807) is 43.8 Å². The normalized spacial score (nSPS) is 12.9. The molecule has 1 aromatic carbocycles. The van der Waals surface area contributed by atoms with Gasteiger partial charge in [0.05, 0.1) is 23.7 Å². The number of halogens is 1. The number of anilines is 1. The van der Waals surface area contributed by atoms with Crippen LogP contribution in [0.5, 0.6) is 5.75 Å². The topological polar surface area (TPSA) is 76.7 Å². The van der Waals surface area contributed by atoms with E-state index in [9.17, 15) is 9.59 Å². The van der Waals surface area contributed by atoms with E-state index in [-0.39, 0.29) is 18.2 Å². The van der Waals surface area contributed by atoms with Gasteiger partial charge in [0.2, 0.25) is 0 Å². The van der Waals surface area contributed by atoms with Gasteiger partial charge in [-0.15, -0.1) is 11.3 Å². The fourth-order valence-electron chi connectivity index (χ4n) is 3.54. The van der Waals surface area contributed by atoms with Crippen LogP contribution < -0.4 is 15.4 Å². The maximum absolute atomic E-state index is 12.9. The van der Waals surface area contributed by atoms with Crippen molar-refractivity contribution in [2.45, 2.75) is 32.1 Å². The Hall–Kier alpha value is -1.90. The summed E-state index contributed by atoms with van der Waals surface area (Å²) in [7, 11) is 3.24. The van der Waals surface area contributed by atoms with Crippen LogP contribution in [0.4, 0.5) is 5.00 Å². The molecular formula is C22H27BrN2O4S. The summed E-state index contributed by atoms with van der Waals surface area (Å²) in [6.45, 7) is 1.30. The van der Waals surface area contributed by atoms with Gasteiger partial charge in [-0.1, -0.05) is 0 Å². The van der Waals surface area contributed by atoms with Gasteiger partial charge in [-0.3, -0.25) is 9.59 Å². The Kier molecular flexibility index (Phi) is 8.30. The lowest BCUT2D eigenvalue weighted by Gasteiger charge is -2.13. The first-order valence-corrected chi connectivity index (χ1v) is 11.7. The van der Waals surface area contributed by atoms with Crippen LogP contribution in [0, 0.1) is 0 Å². The fourth-order valence-corrected chi connectivity index (χ4v) is 5.36. The number of hydrogen-bond donors (Lipinski definition) is 2. The van der Waals surface area contributed by atoms with E-state index in [1.807, 2.05) is 0 Å². The number of methoxy groups -OCH3 is 2. The van der Waals surface area contributed by atoms with Crippen LogP contribution in [0.15, 0.2) is 22.7 Å². The molecule has 2 N–H and O–H groups in total. The second kappa shape index (κ2) is 10.9. The van der Waals surface area contributed by atoms with Gasteiger partial charge in [0.1, 0.15) is 10.8 Å². The molecule has 30 heavy (non-hydrogen) atoms. The molecule has 1 aliphatic carbocycles. The van der Waals surface area contributed by atoms with Crippen LogP contribution >= 0.6 is 27.3 Å². The number of hydrogen-bond acceptors (Lipinski definition) is 6. The Morgan fingerprint density at radius 3 is 2.73 bits per heavy atom. The number of ketones is 1. The highest BCUT2D eigenvalue weighted by atomic mass is 79.9. The Morgan fingerprint density at radius 2 is 2.00 bits per heavy atom. The summed E-state index contributed by atoms with van der Waals surface area (Å²) in [5.74, 6) is 0.557. The minimum Gasteiger partial charge on any atom is -0.496 e. The second-order valence-corrected chi connectivity index (χ2v) is 9.10. The standard InChI is InChI=1S/C22H27BrN2O4S/c1-28-11-5-10-24-21(27)20-15-6-3-4-7-19(15)30-22(20)25-13-17(26)14-8-9-18(29-2)16(23)12-14/h8-9,12,25H,3-7,10-11,13H2,1-2H3,(H,24,27). The number of amides is 1. The third kappa shape index (κ3) is 5.42. The van der Waals surface area contributed by atoms with Crippen molar-refractivity contribution in [3.63, 3.8) is 0 Å². The molecule has 0 saturated carbocycles. The highest BCUT2D eigenvalue weighted by Crippen LogP contribution is 2.38. The predicted molar refractivity (Wildman–Crippen MR) is 123 cm³/mol. The van der Waals surface area contributed by atoms with Crippen LogP contribution in [-0.4, -0.2) is 45.6 Å². The zero-order valence-electron chi connectivity index (χ0n) is 17.3. The van der Waals surface area contributed by atoms with Gasteiger partial charge in [0.15, 0.2) is 5.78 Å². The van der Waals surface area contributed by atoms with E-state index in [4.69, 9.17) is 9.47 Å². The molecule has 6 nitrogen and oxygen atoms in total. The molecule has 0 aliphatic heterocycles. The quantitative estimate of drug-likeness (QED) is 0.376. The molecule has 0 spiro atoms. The molecule has 0 saturated heterocycles. The summed E-state index contributed by atoms with van der Waals surface area (Å²) in [6, 6.07) is 5.27. The number of aryl methyl sites for hydroxylation is 1. The third-order valence-electron chi connectivity index (χ3n) is 5.09. The first kappa shape index (κ1) is 22.8. The number of Topliss-reactive ketones (excluding diaryl/α,β-unsaturated/α-hetero) is 1. The minimum atomic E-state index is -0.0763. The highest BCUT2D eigenvalue weighted by molar-refractivity contribution is 9.10. The largest absolute Gasteiger partial charge is 0.496 e. The summed E-state index contributed by atoms with van der Waals surface area (Å²) < 4.78 is 11.0. The van der Waals surface area contributed by atoms with E-state index >= 15 is 0 Å². The van der Waals surface area contributed by atoms with Crippen LogP contribution in [0.25, 0.3) is 0 Å². The zero-order chi connectivity index (χ0) is 21.5. The van der Waals surface area contributed by atoms with Crippen LogP contribution in [0.3, 0.4) is 0 Å². The average molecular weight is 495 g/mol. The van der Waals surface area contributed by atoms with Crippen molar-refractivity contribution in [3.05, 3.63) is 44.2 Å². The maximum Gasteiger partial charge on any atom is 0.254 e. The van der Waals surface area contributed by atoms with E-state index in [1.165, 1.54) is 4.88 Å². The van der Waals surface area contributed by atoms with Gasteiger partial charge < -0.3 is 20.1 Å². The molecule has 1 aromatic heterocycles. The summed E-state index contributed by atoms with van der Waals surface area (Å²) in [6.07, 6.45) is 4.90. The third-order valence-corrected chi connectivity index (χ3v) is 6.96. The highest BCUT2D eigenvalue weighted by Gasteiger charge is 2.25. The minimum absolute atomic E-state index is 0.0452. The lowest BCUT2D eigenvalue weighted by Crippen LogP contribution is -2.27. The summed E-state index contributed by atoms with van der Waals surface area (Å²) in [4.78, 5) is 26.9. The Morgan fingerprint density at radius 1 is 1.20 bits per heavy atom. The van der Waals surface area contributed by atoms with E-state index in [0.29, 0.717) is 30.0 Å². The average Bonchev–Trinajstić information content (AvgIpc) is 3.13. The molecule has 0 fully saturated rings. The van der Waals surface area contributed by atoms with E-state index in [0.717, 1.165) is 47.1 Å². The number of carbonyl (C=O) groups is 2. The molecule has 0 unspecified atom stereocenters. The molecule has 0 radical (unpaired) electrons. The van der Waals surface area contributed by atoms with Gasteiger partial charge >= 0.3 is 0 Å². The molecule has 1 amide bonds. The van der Waals surface area contributed by atoms with Gasteiger partial charge in [0, 0.05) is 30.7 Å². The van der Waals surface area contributed by atoms with Gasteiger partial charge in [-0.2, -0.15) is 0 Å². The molecular weight excluding hydrogens is 468 g/mol. The van der Waals surface area contributed by atoms with Crippen molar-refractivity contribution in [2.75, 3.05) is 39.2 Å². The number of thiophene rings is 1. The summed E-state index contributed by atoms with van der Waals surface area (Å²) in [5.41, 5.74) is 2.43. The van der Waals surface area contributed by atoms with E-state index in [2.05, 4.69) is 26.6 Å². The van der Waals surface area contributed by atoms with Crippen molar-refractivity contribution in [1.82, 2.24) is 5.32 Å². The Balaban J connectivity index is 1.73. The molecule has 0 bridgehead atoms. The Labute approximate surface area is 189 Å².